The quantitative estimate of drug-likeness (QED) is 0.624. The number of amides is 2. The van der Waals surface area contributed by atoms with Crippen LogP contribution < -0.4 is 0 Å². The number of piperidine rings is 1. The highest BCUT2D eigenvalue weighted by Gasteiger charge is 2.54. The summed E-state index contributed by atoms with van der Waals surface area (Å²) in [5, 5.41) is 1.22. The minimum absolute atomic E-state index is 0.0638. The third-order valence-electron chi connectivity index (χ3n) is 7.52. The lowest BCUT2D eigenvalue weighted by Gasteiger charge is -2.40. The van der Waals surface area contributed by atoms with E-state index in [1.165, 1.54) is 10.9 Å². The zero-order valence-corrected chi connectivity index (χ0v) is 19.3. The van der Waals surface area contributed by atoms with Crippen LogP contribution in [0.5, 0.6) is 0 Å². The predicted octanol–water partition coefficient (Wildman–Crippen LogP) is 4.53. The van der Waals surface area contributed by atoms with E-state index < -0.39 is 5.72 Å². The lowest BCUT2D eigenvalue weighted by atomic mass is 9.97. The van der Waals surface area contributed by atoms with Crippen molar-refractivity contribution < 1.29 is 19.1 Å². The van der Waals surface area contributed by atoms with E-state index in [1.807, 2.05) is 54.3 Å². The molecule has 3 aromatic rings. The first-order chi connectivity index (χ1) is 16.5. The van der Waals surface area contributed by atoms with Crippen LogP contribution in [0.3, 0.4) is 0 Å². The van der Waals surface area contributed by atoms with Crippen LogP contribution in [0.25, 0.3) is 10.9 Å². The molecule has 3 aliphatic rings. The van der Waals surface area contributed by atoms with Crippen molar-refractivity contribution in [2.24, 2.45) is 0 Å². The number of carbonyl (C=O) groups excluding carboxylic acids is 2. The fourth-order valence-corrected chi connectivity index (χ4v) is 5.90. The standard InChI is InChI=1S/C27H29N3O4/c1-27-14-7-12-24(31)30(27)23(25(34-27)18-8-3-2-4-9-18)17-33-26(32)29-15-13-20-19-10-5-6-11-21(19)28-22(20)16-29/h2-6,8-11,23,25,28H,7,12-17H2,1H3. The molecule has 3 atom stereocenters. The molecule has 3 unspecified atom stereocenters. The van der Waals surface area contributed by atoms with Crippen LogP contribution in [0.1, 0.15) is 49.1 Å². The third kappa shape index (κ3) is 3.46. The summed E-state index contributed by atoms with van der Waals surface area (Å²) in [6, 6.07) is 17.8. The molecule has 0 spiro atoms. The molecular formula is C27H29N3O4. The van der Waals surface area contributed by atoms with E-state index in [2.05, 4.69) is 17.1 Å². The molecule has 1 N–H and O–H groups in total. The van der Waals surface area contributed by atoms with Crippen LogP contribution in [0, 0.1) is 0 Å². The normalized spacial score (nSPS) is 26.4. The van der Waals surface area contributed by atoms with Gasteiger partial charge in [-0.1, -0.05) is 48.5 Å². The van der Waals surface area contributed by atoms with Crippen molar-refractivity contribution in [2.45, 2.75) is 57.0 Å². The van der Waals surface area contributed by atoms with Gasteiger partial charge in [0.25, 0.3) is 0 Å². The molecule has 34 heavy (non-hydrogen) atoms. The monoisotopic (exact) mass is 459 g/mol. The largest absolute Gasteiger partial charge is 0.447 e. The van der Waals surface area contributed by atoms with Crippen molar-refractivity contribution >= 4 is 22.9 Å². The van der Waals surface area contributed by atoms with Gasteiger partial charge in [0, 0.05) is 29.6 Å². The van der Waals surface area contributed by atoms with Crippen LogP contribution in [-0.4, -0.2) is 51.7 Å². The number of H-pyrrole nitrogens is 1. The molecular weight excluding hydrogens is 430 g/mol. The second-order valence-corrected chi connectivity index (χ2v) is 9.68. The van der Waals surface area contributed by atoms with Gasteiger partial charge in [-0.25, -0.2) is 4.79 Å². The summed E-state index contributed by atoms with van der Waals surface area (Å²) in [6.07, 6.45) is 2.19. The molecule has 176 valence electrons. The van der Waals surface area contributed by atoms with E-state index in [1.54, 1.807) is 4.90 Å². The lowest BCUT2D eigenvalue weighted by Crippen LogP contribution is -2.53. The Labute approximate surface area is 198 Å². The average molecular weight is 460 g/mol. The van der Waals surface area contributed by atoms with Crippen molar-refractivity contribution in [3.8, 4) is 0 Å². The van der Waals surface area contributed by atoms with Gasteiger partial charge in [0.15, 0.2) is 0 Å². The molecule has 2 aromatic carbocycles. The summed E-state index contributed by atoms with van der Waals surface area (Å²) in [7, 11) is 0. The summed E-state index contributed by atoms with van der Waals surface area (Å²) in [4.78, 5) is 33.0. The Morgan fingerprint density at radius 2 is 1.94 bits per heavy atom. The highest BCUT2D eigenvalue weighted by Crippen LogP contribution is 2.46. The number of aromatic nitrogens is 1. The van der Waals surface area contributed by atoms with Crippen molar-refractivity contribution in [3.05, 3.63) is 71.4 Å². The van der Waals surface area contributed by atoms with Gasteiger partial charge in [-0.2, -0.15) is 0 Å². The smallest absolute Gasteiger partial charge is 0.410 e. The Morgan fingerprint density at radius 3 is 2.79 bits per heavy atom. The van der Waals surface area contributed by atoms with Crippen LogP contribution >= 0.6 is 0 Å². The maximum Gasteiger partial charge on any atom is 0.410 e. The lowest BCUT2D eigenvalue weighted by molar-refractivity contribution is -0.159. The van der Waals surface area contributed by atoms with Crippen molar-refractivity contribution in [1.82, 2.24) is 14.8 Å². The van der Waals surface area contributed by atoms with Crippen LogP contribution in [0.4, 0.5) is 4.79 Å². The van der Waals surface area contributed by atoms with Gasteiger partial charge in [0.2, 0.25) is 5.91 Å². The molecule has 1 aromatic heterocycles. The molecule has 7 heteroatoms. The molecule has 6 rings (SSSR count). The highest BCUT2D eigenvalue weighted by atomic mass is 16.6. The Bertz CT molecular complexity index is 1240. The van der Waals surface area contributed by atoms with E-state index in [0.717, 1.165) is 36.0 Å². The summed E-state index contributed by atoms with van der Waals surface area (Å²) < 4.78 is 12.3. The Hall–Kier alpha value is -3.32. The van der Waals surface area contributed by atoms with Gasteiger partial charge < -0.3 is 24.3 Å². The second-order valence-electron chi connectivity index (χ2n) is 9.68. The van der Waals surface area contributed by atoms with Gasteiger partial charge >= 0.3 is 6.09 Å². The molecule has 2 amide bonds. The molecule has 0 bridgehead atoms. The first-order valence-electron chi connectivity index (χ1n) is 12.1. The number of ether oxygens (including phenoxy) is 2. The minimum Gasteiger partial charge on any atom is -0.447 e. The minimum atomic E-state index is -0.669. The number of hydrogen-bond acceptors (Lipinski definition) is 4. The van der Waals surface area contributed by atoms with Crippen molar-refractivity contribution in [2.75, 3.05) is 13.2 Å². The maximum atomic E-state index is 13.1. The van der Waals surface area contributed by atoms with Gasteiger partial charge in [-0.05, 0) is 43.4 Å². The van der Waals surface area contributed by atoms with Gasteiger partial charge in [0.05, 0.1) is 12.6 Å². The zero-order chi connectivity index (χ0) is 23.3. The Morgan fingerprint density at radius 1 is 1.15 bits per heavy atom. The Balaban J connectivity index is 1.20. The number of benzene rings is 2. The average Bonchev–Trinajstić information content (AvgIpc) is 3.38. The van der Waals surface area contributed by atoms with Crippen LogP contribution in [0.15, 0.2) is 54.6 Å². The fourth-order valence-electron chi connectivity index (χ4n) is 5.90. The molecule has 7 nitrogen and oxygen atoms in total. The highest BCUT2D eigenvalue weighted by molar-refractivity contribution is 5.85. The number of fused-ring (bicyclic) bond motifs is 4. The second kappa shape index (κ2) is 8.17. The number of hydrogen-bond donors (Lipinski definition) is 1. The number of carbonyl (C=O) groups is 2. The number of para-hydroxylation sites is 1. The van der Waals surface area contributed by atoms with E-state index in [9.17, 15) is 9.59 Å². The summed E-state index contributed by atoms with van der Waals surface area (Å²) in [5.74, 6) is 0.0638. The van der Waals surface area contributed by atoms with Crippen LogP contribution in [-0.2, 0) is 27.2 Å². The third-order valence-corrected chi connectivity index (χ3v) is 7.52. The topological polar surface area (TPSA) is 74.9 Å². The fraction of sp³-hybridized carbons (Fsp3) is 0.407. The molecule has 2 fully saturated rings. The first-order valence-corrected chi connectivity index (χ1v) is 12.1. The van der Waals surface area contributed by atoms with Crippen LogP contribution in [0.2, 0.25) is 0 Å². The van der Waals surface area contributed by atoms with Crippen molar-refractivity contribution in [1.29, 1.82) is 0 Å². The van der Waals surface area contributed by atoms with E-state index in [4.69, 9.17) is 9.47 Å². The molecule has 0 radical (unpaired) electrons. The maximum absolute atomic E-state index is 13.1. The first kappa shape index (κ1) is 21.2. The zero-order valence-electron chi connectivity index (χ0n) is 19.3. The SMILES string of the molecule is CC12CCCC(=O)N1C(COC(=O)N1CCc3c([nH]c4ccccc34)C1)C(c1ccccc1)O2. The number of rotatable bonds is 3. The molecule has 3 aliphatic heterocycles. The number of nitrogens with one attached hydrogen (secondary N) is 1. The van der Waals surface area contributed by atoms with E-state index in [-0.39, 0.29) is 30.8 Å². The number of aromatic amines is 1. The summed E-state index contributed by atoms with van der Waals surface area (Å²) in [6.45, 7) is 3.18. The summed E-state index contributed by atoms with van der Waals surface area (Å²) >= 11 is 0. The Kier molecular flexibility index (Phi) is 5.10. The van der Waals surface area contributed by atoms with E-state index >= 15 is 0 Å². The van der Waals surface area contributed by atoms with Gasteiger partial charge in [0.1, 0.15) is 18.4 Å². The predicted molar refractivity (Wildman–Crippen MR) is 127 cm³/mol. The molecule has 0 saturated carbocycles. The van der Waals surface area contributed by atoms with Gasteiger partial charge in [-0.15, -0.1) is 0 Å². The molecule has 2 saturated heterocycles. The van der Waals surface area contributed by atoms with E-state index in [0.29, 0.717) is 19.5 Å². The van der Waals surface area contributed by atoms with Gasteiger partial charge in [-0.3, -0.25) is 4.79 Å². The summed E-state index contributed by atoms with van der Waals surface area (Å²) in [5.41, 5.74) is 3.77. The van der Waals surface area contributed by atoms with Crippen molar-refractivity contribution in [3.63, 3.8) is 0 Å². The molecule has 0 aliphatic carbocycles. The number of nitrogens with zero attached hydrogens (tertiary/aromatic N) is 2. The molecule has 4 heterocycles.